The Kier molecular flexibility index (Phi) is 4.88. The van der Waals surface area contributed by atoms with Gasteiger partial charge in [0.15, 0.2) is 11.5 Å². The van der Waals surface area contributed by atoms with Crippen molar-refractivity contribution in [2.24, 2.45) is 10.9 Å². The maximum atomic E-state index is 5.57. The second kappa shape index (κ2) is 7.72. The Labute approximate surface area is 180 Å². The molecule has 0 radical (unpaired) electrons. The van der Waals surface area contributed by atoms with Gasteiger partial charge >= 0.3 is 0 Å². The molecular weight excluding hydrogens is 390 g/mol. The van der Waals surface area contributed by atoms with Crippen LogP contribution in [0.2, 0.25) is 0 Å². The number of aliphatic imine (C=N–C) groups is 1. The van der Waals surface area contributed by atoms with E-state index in [0.29, 0.717) is 25.0 Å². The zero-order valence-electron chi connectivity index (χ0n) is 18.3. The average Bonchev–Trinajstić information content (AvgIpc) is 3.47. The predicted octanol–water partition coefficient (Wildman–Crippen LogP) is 5.31. The van der Waals surface area contributed by atoms with E-state index in [2.05, 4.69) is 64.8 Å². The monoisotopic (exact) mass is 417 g/mol. The van der Waals surface area contributed by atoms with Crippen LogP contribution in [-0.2, 0) is 6.42 Å². The largest absolute Gasteiger partial charge is 0.486 e. The van der Waals surface area contributed by atoms with Crippen molar-refractivity contribution in [3.05, 3.63) is 42.0 Å². The van der Waals surface area contributed by atoms with Gasteiger partial charge in [0.05, 0.1) is 34.1 Å². The summed E-state index contributed by atoms with van der Waals surface area (Å²) in [7, 11) is 0. The van der Waals surface area contributed by atoms with Crippen LogP contribution >= 0.6 is 0 Å². The number of benzene rings is 2. The predicted molar refractivity (Wildman–Crippen MR) is 123 cm³/mol. The standard InChI is InChI=1S/C13H15NO2.C11H12N4/c1-8(2)10-5-9-6-12-13(7-11(9)14-10)16-4-3-15-12;1-6(2)11-14-9-3-7-8(13-5-12-7)4-10(9)15-11/h6-8H,3-5H2,1-2H3;3-6H,1-2H3,(H,12,13)(H,14,15). The van der Waals surface area contributed by atoms with Gasteiger partial charge in [0, 0.05) is 24.1 Å². The number of rotatable bonds is 2. The van der Waals surface area contributed by atoms with E-state index in [-0.39, 0.29) is 0 Å². The number of nitrogens with one attached hydrogen (secondary N) is 2. The van der Waals surface area contributed by atoms with Gasteiger partial charge < -0.3 is 19.4 Å². The molecule has 0 spiro atoms. The molecule has 0 fully saturated rings. The Balaban J connectivity index is 0.000000132. The highest BCUT2D eigenvalue weighted by molar-refractivity contribution is 5.95. The number of hydrogen-bond donors (Lipinski definition) is 2. The number of fused-ring (bicyclic) bond motifs is 4. The number of aromatic amines is 2. The molecule has 0 unspecified atom stereocenters. The molecular formula is C24H27N5O2. The topological polar surface area (TPSA) is 88.2 Å². The summed E-state index contributed by atoms with van der Waals surface area (Å²) in [6.07, 6.45) is 2.65. The molecule has 2 aromatic carbocycles. The molecule has 31 heavy (non-hydrogen) atoms. The molecule has 6 rings (SSSR count). The van der Waals surface area contributed by atoms with Crippen LogP contribution in [0.1, 0.15) is 45.0 Å². The van der Waals surface area contributed by atoms with Crippen molar-refractivity contribution < 1.29 is 9.47 Å². The quantitative estimate of drug-likeness (QED) is 0.463. The van der Waals surface area contributed by atoms with Crippen LogP contribution in [0.4, 0.5) is 5.69 Å². The fourth-order valence-corrected chi connectivity index (χ4v) is 3.82. The summed E-state index contributed by atoms with van der Waals surface area (Å²) in [5, 5.41) is 0. The molecule has 2 aliphatic heterocycles. The smallest absolute Gasteiger partial charge is 0.163 e. The van der Waals surface area contributed by atoms with Crippen LogP contribution in [-0.4, -0.2) is 38.9 Å². The van der Waals surface area contributed by atoms with Gasteiger partial charge in [-0.05, 0) is 29.7 Å². The lowest BCUT2D eigenvalue weighted by atomic mass is 10.0. The molecule has 0 amide bonds. The molecule has 0 aliphatic carbocycles. The fourth-order valence-electron chi connectivity index (χ4n) is 3.82. The van der Waals surface area contributed by atoms with E-state index < -0.39 is 0 Å². The average molecular weight is 418 g/mol. The Morgan fingerprint density at radius 1 is 0.871 bits per heavy atom. The molecule has 4 aromatic rings. The molecule has 4 heterocycles. The Morgan fingerprint density at radius 2 is 1.65 bits per heavy atom. The minimum Gasteiger partial charge on any atom is -0.486 e. The van der Waals surface area contributed by atoms with Gasteiger partial charge in [0.1, 0.15) is 19.0 Å². The van der Waals surface area contributed by atoms with Gasteiger partial charge in [-0.3, -0.25) is 4.99 Å². The SMILES string of the molecule is CC(C)C1=Nc2cc3c(cc2C1)OCCO3.CC(C)c1nc2cc3nc[nH]c3cc2[nH]1. The molecule has 0 bridgehead atoms. The van der Waals surface area contributed by atoms with Crippen LogP contribution in [0.15, 0.2) is 35.6 Å². The molecule has 0 atom stereocenters. The van der Waals surface area contributed by atoms with Crippen molar-refractivity contribution >= 4 is 33.5 Å². The molecule has 7 nitrogen and oxygen atoms in total. The molecule has 0 saturated carbocycles. The molecule has 160 valence electrons. The lowest BCUT2D eigenvalue weighted by molar-refractivity contribution is 0.171. The third-order valence-corrected chi connectivity index (χ3v) is 5.63. The van der Waals surface area contributed by atoms with Crippen molar-refractivity contribution in [2.45, 2.75) is 40.0 Å². The van der Waals surface area contributed by atoms with Gasteiger partial charge in [-0.15, -0.1) is 0 Å². The number of ether oxygens (including phenoxy) is 2. The second-order valence-electron chi connectivity index (χ2n) is 8.62. The van der Waals surface area contributed by atoms with Crippen LogP contribution in [0.3, 0.4) is 0 Å². The van der Waals surface area contributed by atoms with Crippen molar-refractivity contribution in [1.29, 1.82) is 0 Å². The van der Waals surface area contributed by atoms with E-state index in [9.17, 15) is 0 Å². The summed E-state index contributed by atoms with van der Waals surface area (Å²) in [5.41, 5.74) is 7.61. The van der Waals surface area contributed by atoms with E-state index in [4.69, 9.17) is 9.47 Å². The first-order valence-electron chi connectivity index (χ1n) is 10.8. The number of imidazole rings is 2. The summed E-state index contributed by atoms with van der Waals surface area (Å²) in [6.45, 7) is 9.88. The number of H-pyrrole nitrogens is 2. The van der Waals surface area contributed by atoms with Crippen molar-refractivity contribution in [3.8, 4) is 11.5 Å². The molecule has 7 heteroatoms. The summed E-state index contributed by atoms with van der Waals surface area (Å²) >= 11 is 0. The number of aromatic nitrogens is 4. The van der Waals surface area contributed by atoms with Gasteiger partial charge in [-0.25, -0.2) is 9.97 Å². The first-order chi connectivity index (χ1) is 15.0. The van der Waals surface area contributed by atoms with Crippen LogP contribution in [0.25, 0.3) is 22.1 Å². The second-order valence-corrected chi connectivity index (χ2v) is 8.62. The normalized spacial score (nSPS) is 14.7. The highest BCUT2D eigenvalue weighted by Gasteiger charge is 2.22. The molecule has 2 N–H and O–H groups in total. The summed E-state index contributed by atoms with van der Waals surface area (Å²) in [6, 6.07) is 8.13. The Bertz CT molecular complexity index is 1230. The van der Waals surface area contributed by atoms with Gasteiger partial charge in [0.2, 0.25) is 0 Å². The Hall–Kier alpha value is -3.35. The highest BCUT2D eigenvalue weighted by Crippen LogP contribution is 2.40. The zero-order chi connectivity index (χ0) is 21.5. The van der Waals surface area contributed by atoms with E-state index >= 15 is 0 Å². The minimum atomic E-state index is 0.420. The lowest BCUT2D eigenvalue weighted by Gasteiger charge is -2.18. The zero-order valence-corrected chi connectivity index (χ0v) is 18.3. The van der Waals surface area contributed by atoms with Crippen molar-refractivity contribution in [3.63, 3.8) is 0 Å². The molecule has 0 saturated heterocycles. The van der Waals surface area contributed by atoms with Crippen LogP contribution < -0.4 is 9.47 Å². The first-order valence-corrected chi connectivity index (χ1v) is 10.8. The fraction of sp³-hybridized carbons (Fsp3) is 0.375. The molecule has 2 aliphatic rings. The van der Waals surface area contributed by atoms with Crippen molar-refractivity contribution in [1.82, 2.24) is 19.9 Å². The lowest BCUT2D eigenvalue weighted by Crippen LogP contribution is -2.15. The third-order valence-electron chi connectivity index (χ3n) is 5.63. The Morgan fingerprint density at radius 3 is 2.39 bits per heavy atom. The van der Waals surface area contributed by atoms with Gasteiger partial charge in [-0.1, -0.05) is 27.7 Å². The van der Waals surface area contributed by atoms with Crippen molar-refractivity contribution in [2.75, 3.05) is 13.2 Å². The van der Waals surface area contributed by atoms with E-state index in [0.717, 1.165) is 51.5 Å². The third kappa shape index (κ3) is 3.76. The maximum Gasteiger partial charge on any atom is 0.163 e. The van der Waals surface area contributed by atoms with Crippen LogP contribution in [0, 0.1) is 5.92 Å². The molecule has 2 aromatic heterocycles. The maximum absolute atomic E-state index is 5.57. The summed E-state index contributed by atoms with van der Waals surface area (Å²) in [4.78, 5) is 19.8. The minimum absolute atomic E-state index is 0.420. The number of nitrogens with zero attached hydrogens (tertiary/aromatic N) is 3. The van der Waals surface area contributed by atoms with E-state index in [1.165, 1.54) is 11.3 Å². The van der Waals surface area contributed by atoms with Gasteiger partial charge in [-0.2, -0.15) is 0 Å². The highest BCUT2D eigenvalue weighted by atomic mass is 16.6. The van der Waals surface area contributed by atoms with Gasteiger partial charge in [0.25, 0.3) is 0 Å². The van der Waals surface area contributed by atoms with E-state index in [1.54, 1.807) is 6.33 Å². The van der Waals surface area contributed by atoms with Crippen LogP contribution in [0.5, 0.6) is 11.5 Å². The number of hydrogen-bond acceptors (Lipinski definition) is 5. The first kappa shape index (κ1) is 19.6. The summed E-state index contributed by atoms with van der Waals surface area (Å²) in [5.74, 6) is 3.65. The van der Waals surface area contributed by atoms with E-state index in [1.807, 2.05) is 12.1 Å². The summed E-state index contributed by atoms with van der Waals surface area (Å²) < 4.78 is 11.1.